The monoisotopic (exact) mass is 299 g/mol. The first kappa shape index (κ1) is 16.1. The molecular weight excluding hydrogens is 274 g/mol. The minimum atomic E-state index is -1.02. The molecule has 0 radical (unpaired) electrons. The molecule has 0 bridgehead atoms. The van der Waals surface area contributed by atoms with E-state index >= 15 is 0 Å². The first-order valence-electron chi connectivity index (χ1n) is 7.58. The Morgan fingerprint density at radius 2 is 1.86 bits per heavy atom. The van der Waals surface area contributed by atoms with Gasteiger partial charge in [0.1, 0.15) is 5.60 Å². The normalized spacial score (nSPS) is 27.2. The van der Waals surface area contributed by atoms with E-state index in [1.807, 2.05) is 6.92 Å². The van der Waals surface area contributed by atoms with Gasteiger partial charge in [0.05, 0.1) is 12.2 Å². The van der Waals surface area contributed by atoms with Crippen LogP contribution in [0.4, 0.5) is 4.79 Å². The molecule has 1 saturated carbocycles. The van der Waals surface area contributed by atoms with Gasteiger partial charge in [0.2, 0.25) is 0 Å². The number of ether oxygens (including phenoxy) is 2. The number of carboxylic acids is 1. The molecule has 0 aromatic heterocycles. The molecule has 120 valence electrons. The summed E-state index contributed by atoms with van der Waals surface area (Å²) >= 11 is 0. The fourth-order valence-corrected chi connectivity index (χ4v) is 2.68. The van der Waals surface area contributed by atoms with E-state index in [2.05, 4.69) is 0 Å². The Hall–Kier alpha value is -1.30. The van der Waals surface area contributed by atoms with Crippen LogP contribution in [0, 0.1) is 0 Å². The van der Waals surface area contributed by atoms with E-state index < -0.39 is 29.8 Å². The van der Waals surface area contributed by atoms with E-state index in [-0.39, 0.29) is 12.1 Å². The third kappa shape index (κ3) is 4.09. The number of rotatable bonds is 4. The molecule has 1 N–H and O–H groups in total. The molecule has 6 nitrogen and oxygen atoms in total. The number of carbonyl (C=O) groups is 2. The number of carboxylic acid groups (broad SMARTS) is 1. The highest BCUT2D eigenvalue weighted by Crippen LogP contribution is 2.34. The molecule has 0 aromatic carbocycles. The molecule has 1 amide bonds. The van der Waals surface area contributed by atoms with Gasteiger partial charge >= 0.3 is 12.1 Å². The van der Waals surface area contributed by atoms with Gasteiger partial charge in [0.15, 0.2) is 6.04 Å². The fraction of sp³-hybridized carbons (Fsp3) is 0.867. The molecule has 0 spiro atoms. The van der Waals surface area contributed by atoms with Crippen LogP contribution in [0.15, 0.2) is 0 Å². The molecule has 3 atom stereocenters. The van der Waals surface area contributed by atoms with E-state index in [1.165, 1.54) is 4.90 Å². The Kier molecular flexibility index (Phi) is 4.46. The van der Waals surface area contributed by atoms with Crippen molar-refractivity contribution in [2.45, 2.75) is 83.3 Å². The molecule has 1 aliphatic carbocycles. The van der Waals surface area contributed by atoms with Crippen molar-refractivity contribution in [2.24, 2.45) is 0 Å². The van der Waals surface area contributed by atoms with Crippen LogP contribution in [0.2, 0.25) is 0 Å². The molecule has 6 heteroatoms. The topological polar surface area (TPSA) is 76.1 Å². The summed E-state index contributed by atoms with van der Waals surface area (Å²) < 4.78 is 11.1. The Morgan fingerprint density at radius 3 is 2.24 bits per heavy atom. The molecule has 2 fully saturated rings. The maximum Gasteiger partial charge on any atom is 0.411 e. The highest BCUT2D eigenvalue weighted by Gasteiger charge is 2.47. The van der Waals surface area contributed by atoms with Gasteiger partial charge in [-0.05, 0) is 53.4 Å². The van der Waals surface area contributed by atoms with Crippen LogP contribution in [0.1, 0.15) is 53.4 Å². The lowest BCUT2D eigenvalue weighted by atomic mass is 10.1. The highest BCUT2D eigenvalue weighted by atomic mass is 16.6. The van der Waals surface area contributed by atoms with Crippen LogP contribution in [-0.2, 0) is 14.3 Å². The van der Waals surface area contributed by atoms with Crippen molar-refractivity contribution >= 4 is 12.1 Å². The largest absolute Gasteiger partial charge is 0.480 e. The first-order valence-corrected chi connectivity index (χ1v) is 7.58. The maximum absolute atomic E-state index is 12.4. The van der Waals surface area contributed by atoms with E-state index in [1.54, 1.807) is 20.8 Å². The minimum absolute atomic E-state index is 0.0385. The predicted octanol–water partition coefficient (Wildman–Crippen LogP) is 2.41. The van der Waals surface area contributed by atoms with Gasteiger partial charge in [-0.3, -0.25) is 4.90 Å². The standard InChI is InChI=1S/C15H25NO5/c1-9-5-8-11(20-9)12(13(17)18)16(10-6-7-10)14(19)21-15(2,3)4/h9-12H,5-8H2,1-4H3,(H,17,18). The smallest absolute Gasteiger partial charge is 0.411 e. The number of hydrogen-bond acceptors (Lipinski definition) is 4. The second kappa shape index (κ2) is 5.83. The van der Waals surface area contributed by atoms with Crippen LogP contribution in [0.5, 0.6) is 0 Å². The lowest BCUT2D eigenvalue weighted by Gasteiger charge is -2.34. The van der Waals surface area contributed by atoms with Crippen LogP contribution in [0.3, 0.4) is 0 Å². The van der Waals surface area contributed by atoms with Crippen LogP contribution in [0.25, 0.3) is 0 Å². The lowest BCUT2D eigenvalue weighted by molar-refractivity contribution is -0.149. The third-order valence-corrected chi connectivity index (χ3v) is 3.71. The van der Waals surface area contributed by atoms with Crippen molar-refractivity contribution in [2.75, 3.05) is 0 Å². The van der Waals surface area contributed by atoms with Crippen molar-refractivity contribution in [3.05, 3.63) is 0 Å². The van der Waals surface area contributed by atoms with Crippen LogP contribution in [-0.4, -0.2) is 52.0 Å². The van der Waals surface area contributed by atoms with E-state index in [0.29, 0.717) is 6.42 Å². The van der Waals surface area contributed by atoms with Crippen LogP contribution < -0.4 is 0 Å². The van der Waals surface area contributed by atoms with Gasteiger partial charge in [-0.15, -0.1) is 0 Å². The molecular formula is C15H25NO5. The van der Waals surface area contributed by atoms with E-state index in [9.17, 15) is 14.7 Å². The molecule has 1 saturated heterocycles. The number of nitrogens with zero attached hydrogens (tertiary/aromatic N) is 1. The van der Waals surface area contributed by atoms with Gasteiger partial charge in [0.25, 0.3) is 0 Å². The van der Waals surface area contributed by atoms with Gasteiger partial charge in [-0.25, -0.2) is 9.59 Å². The summed E-state index contributed by atoms with van der Waals surface area (Å²) in [4.78, 5) is 25.5. The molecule has 21 heavy (non-hydrogen) atoms. The highest BCUT2D eigenvalue weighted by molar-refractivity contribution is 5.81. The Balaban J connectivity index is 2.17. The number of carbonyl (C=O) groups excluding carboxylic acids is 1. The zero-order valence-corrected chi connectivity index (χ0v) is 13.2. The summed E-state index contributed by atoms with van der Waals surface area (Å²) in [5.41, 5.74) is -0.642. The number of amides is 1. The second-order valence-electron chi connectivity index (χ2n) is 6.96. The maximum atomic E-state index is 12.4. The van der Waals surface area contributed by atoms with Crippen molar-refractivity contribution in [3.63, 3.8) is 0 Å². The SMILES string of the molecule is CC1CCC(C(C(=O)O)N(C(=O)OC(C)(C)C)C2CC2)O1. The van der Waals surface area contributed by atoms with Crippen molar-refractivity contribution < 1.29 is 24.2 Å². The Labute approximate surface area is 125 Å². The molecule has 0 aromatic rings. The third-order valence-electron chi connectivity index (χ3n) is 3.71. The van der Waals surface area contributed by atoms with Crippen molar-refractivity contribution in [1.82, 2.24) is 4.90 Å². The first-order chi connectivity index (χ1) is 9.69. The molecule has 3 unspecified atom stereocenters. The Morgan fingerprint density at radius 1 is 1.24 bits per heavy atom. The second-order valence-corrected chi connectivity index (χ2v) is 6.96. The quantitative estimate of drug-likeness (QED) is 0.862. The zero-order chi connectivity index (χ0) is 15.8. The van der Waals surface area contributed by atoms with E-state index in [0.717, 1.165) is 19.3 Å². The summed E-state index contributed by atoms with van der Waals surface area (Å²) in [6.07, 6.45) is 2.16. The summed E-state index contributed by atoms with van der Waals surface area (Å²) in [5.74, 6) is -1.02. The summed E-state index contributed by atoms with van der Waals surface area (Å²) in [6, 6.07) is -1.00. The molecule has 2 aliphatic rings. The molecule has 1 aliphatic heterocycles. The van der Waals surface area contributed by atoms with Gasteiger partial charge in [-0.2, -0.15) is 0 Å². The van der Waals surface area contributed by atoms with Crippen LogP contribution >= 0.6 is 0 Å². The Bertz CT molecular complexity index is 413. The van der Waals surface area contributed by atoms with Crippen molar-refractivity contribution in [1.29, 1.82) is 0 Å². The summed E-state index contributed by atoms with van der Waals surface area (Å²) in [7, 11) is 0. The molecule has 2 rings (SSSR count). The lowest BCUT2D eigenvalue weighted by Crippen LogP contribution is -2.54. The average molecular weight is 299 g/mol. The number of aliphatic carboxylic acids is 1. The number of hydrogen-bond donors (Lipinski definition) is 1. The molecule has 1 heterocycles. The van der Waals surface area contributed by atoms with E-state index in [4.69, 9.17) is 9.47 Å². The summed E-state index contributed by atoms with van der Waals surface area (Å²) in [6.45, 7) is 7.26. The van der Waals surface area contributed by atoms with Gasteiger partial charge in [0, 0.05) is 6.04 Å². The fourth-order valence-electron chi connectivity index (χ4n) is 2.68. The zero-order valence-electron chi connectivity index (χ0n) is 13.2. The summed E-state index contributed by atoms with van der Waals surface area (Å²) in [5, 5.41) is 9.58. The average Bonchev–Trinajstić information content (AvgIpc) is 3.05. The van der Waals surface area contributed by atoms with Gasteiger partial charge in [-0.1, -0.05) is 0 Å². The van der Waals surface area contributed by atoms with Crippen molar-refractivity contribution in [3.8, 4) is 0 Å². The van der Waals surface area contributed by atoms with Gasteiger partial charge < -0.3 is 14.6 Å². The minimum Gasteiger partial charge on any atom is -0.480 e. The predicted molar refractivity (Wildman–Crippen MR) is 76.1 cm³/mol.